The maximum absolute atomic E-state index is 5.65. The minimum absolute atomic E-state index is 0.532. The molecule has 0 unspecified atom stereocenters. The van der Waals surface area contributed by atoms with E-state index < -0.39 is 0 Å². The maximum atomic E-state index is 5.65. The number of anilines is 1. The summed E-state index contributed by atoms with van der Waals surface area (Å²) in [7, 11) is 0. The van der Waals surface area contributed by atoms with Crippen molar-refractivity contribution >= 4 is 5.82 Å². The lowest BCUT2D eigenvalue weighted by Crippen LogP contribution is -2.01. The van der Waals surface area contributed by atoms with Crippen molar-refractivity contribution in [2.75, 3.05) is 5.73 Å². The average molecular weight is 368 g/mol. The van der Waals surface area contributed by atoms with Crippen molar-refractivity contribution < 1.29 is 0 Å². The van der Waals surface area contributed by atoms with E-state index in [1.807, 2.05) is 23.0 Å². The van der Waals surface area contributed by atoms with E-state index in [2.05, 4.69) is 66.5 Å². The molecule has 2 aromatic carbocycles. The minimum atomic E-state index is 0.532. The normalized spacial score (nSPS) is 10.9. The van der Waals surface area contributed by atoms with Crippen molar-refractivity contribution in [2.45, 2.75) is 26.3 Å². The molecule has 0 bridgehead atoms. The number of benzene rings is 2. The predicted octanol–water partition coefficient (Wildman–Crippen LogP) is 5.20. The van der Waals surface area contributed by atoms with Gasteiger partial charge in [0.15, 0.2) is 0 Å². The SMILES string of the molecule is CCCc1cccc(-c2cccc(-c3ccn(Cc4ccc(N)nc4)n3)c2)c1. The Labute approximate surface area is 165 Å². The zero-order chi connectivity index (χ0) is 19.3. The molecule has 0 atom stereocenters. The summed E-state index contributed by atoms with van der Waals surface area (Å²) in [6, 6.07) is 23.2. The van der Waals surface area contributed by atoms with Crippen LogP contribution in [0.25, 0.3) is 22.4 Å². The Bertz CT molecular complexity index is 1060. The van der Waals surface area contributed by atoms with Gasteiger partial charge in [0.1, 0.15) is 5.82 Å². The van der Waals surface area contributed by atoms with E-state index in [0.29, 0.717) is 12.4 Å². The Kier molecular flexibility index (Phi) is 5.20. The highest BCUT2D eigenvalue weighted by molar-refractivity contribution is 5.71. The van der Waals surface area contributed by atoms with Gasteiger partial charge in [-0.1, -0.05) is 61.9 Å². The third-order valence-corrected chi connectivity index (χ3v) is 4.79. The van der Waals surface area contributed by atoms with Crippen LogP contribution >= 0.6 is 0 Å². The molecule has 0 fully saturated rings. The monoisotopic (exact) mass is 368 g/mol. The fourth-order valence-corrected chi connectivity index (χ4v) is 3.37. The summed E-state index contributed by atoms with van der Waals surface area (Å²) in [5, 5.41) is 4.74. The summed E-state index contributed by atoms with van der Waals surface area (Å²) < 4.78 is 1.93. The first-order valence-electron chi connectivity index (χ1n) is 9.65. The quantitative estimate of drug-likeness (QED) is 0.509. The van der Waals surface area contributed by atoms with Crippen molar-refractivity contribution in [3.8, 4) is 22.4 Å². The highest BCUT2D eigenvalue weighted by atomic mass is 15.3. The predicted molar refractivity (Wildman–Crippen MR) is 115 cm³/mol. The molecule has 28 heavy (non-hydrogen) atoms. The lowest BCUT2D eigenvalue weighted by atomic mass is 9.99. The molecule has 0 aliphatic rings. The summed E-state index contributed by atoms with van der Waals surface area (Å²) in [6.07, 6.45) is 6.06. The van der Waals surface area contributed by atoms with Crippen LogP contribution in [0.2, 0.25) is 0 Å². The molecule has 0 aliphatic carbocycles. The molecule has 0 amide bonds. The Hall–Kier alpha value is -3.40. The number of aryl methyl sites for hydroxylation is 1. The summed E-state index contributed by atoms with van der Waals surface area (Å²) >= 11 is 0. The largest absolute Gasteiger partial charge is 0.384 e. The first-order valence-corrected chi connectivity index (χ1v) is 9.65. The molecular formula is C24H24N4. The molecule has 4 rings (SSSR count). The van der Waals surface area contributed by atoms with Gasteiger partial charge in [-0.2, -0.15) is 5.10 Å². The third-order valence-electron chi connectivity index (χ3n) is 4.79. The van der Waals surface area contributed by atoms with E-state index in [1.165, 1.54) is 16.7 Å². The van der Waals surface area contributed by atoms with Crippen LogP contribution in [0.1, 0.15) is 24.5 Å². The lowest BCUT2D eigenvalue weighted by Gasteiger charge is -2.07. The highest BCUT2D eigenvalue weighted by Gasteiger charge is 2.06. The molecule has 4 nitrogen and oxygen atoms in total. The van der Waals surface area contributed by atoms with Gasteiger partial charge in [0.25, 0.3) is 0 Å². The third kappa shape index (κ3) is 4.12. The van der Waals surface area contributed by atoms with Gasteiger partial charge in [0.2, 0.25) is 0 Å². The molecule has 140 valence electrons. The topological polar surface area (TPSA) is 56.7 Å². The molecule has 2 aromatic heterocycles. The van der Waals surface area contributed by atoms with Crippen molar-refractivity contribution in [3.05, 3.63) is 90.3 Å². The van der Waals surface area contributed by atoms with Gasteiger partial charge in [-0.25, -0.2) is 4.98 Å². The molecule has 0 radical (unpaired) electrons. The van der Waals surface area contributed by atoms with Crippen molar-refractivity contribution in [2.24, 2.45) is 0 Å². The van der Waals surface area contributed by atoms with Crippen LogP contribution in [-0.2, 0) is 13.0 Å². The minimum Gasteiger partial charge on any atom is -0.384 e. The van der Waals surface area contributed by atoms with Gasteiger partial charge in [-0.3, -0.25) is 4.68 Å². The molecule has 0 spiro atoms. The molecular weight excluding hydrogens is 344 g/mol. The first-order chi connectivity index (χ1) is 13.7. The van der Waals surface area contributed by atoms with Gasteiger partial charge < -0.3 is 5.73 Å². The van der Waals surface area contributed by atoms with Crippen LogP contribution in [0.3, 0.4) is 0 Å². The van der Waals surface area contributed by atoms with Crippen LogP contribution < -0.4 is 5.73 Å². The van der Waals surface area contributed by atoms with Crippen LogP contribution in [0.5, 0.6) is 0 Å². The number of rotatable bonds is 6. The summed E-state index contributed by atoms with van der Waals surface area (Å²) in [5.74, 6) is 0.532. The molecule has 0 aliphatic heterocycles. The maximum Gasteiger partial charge on any atom is 0.123 e. The fourth-order valence-electron chi connectivity index (χ4n) is 3.37. The highest BCUT2D eigenvalue weighted by Crippen LogP contribution is 2.26. The Morgan fingerprint density at radius 3 is 2.43 bits per heavy atom. The van der Waals surface area contributed by atoms with Gasteiger partial charge in [-0.05, 0) is 46.9 Å². The van der Waals surface area contributed by atoms with Gasteiger partial charge >= 0.3 is 0 Å². The molecule has 0 saturated carbocycles. The van der Waals surface area contributed by atoms with Gasteiger partial charge in [0.05, 0.1) is 12.2 Å². The second kappa shape index (κ2) is 8.09. The van der Waals surface area contributed by atoms with Crippen LogP contribution in [0.4, 0.5) is 5.82 Å². The Morgan fingerprint density at radius 1 is 0.857 bits per heavy atom. The van der Waals surface area contributed by atoms with Crippen LogP contribution in [-0.4, -0.2) is 14.8 Å². The molecule has 4 heteroatoms. The zero-order valence-corrected chi connectivity index (χ0v) is 16.0. The second-order valence-electron chi connectivity index (χ2n) is 7.02. The average Bonchev–Trinajstić information content (AvgIpc) is 3.19. The number of nitrogen functional groups attached to an aromatic ring is 1. The number of aromatic nitrogens is 3. The lowest BCUT2D eigenvalue weighted by molar-refractivity contribution is 0.687. The van der Waals surface area contributed by atoms with Crippen molar-refractivity contribution in [1.82, 2.24) is 14.8 Å². The van der Waals surface area contributed by atoms with Crippen LogP contribution in [0, 0.1) is 0 Å². The van der Waals surface area contributed by atoms with Crippen molar-refractivity contribution in [1.29, 1.82) is 0 Å². The fraction of sp³-hybridized carbons (Fsp3) is 0.167. The number of nitrogens with zero attached hydrogens (tertiary/aromatic N) is 3. The van der Waals surface area contributed by atoms with E-state index in [1.54, 1.807) is 6.20 Å². The van der Waals surface area contributed by atoms with Crippen LogP contribution in [0.15, 0.2) is 79.1 Å². The summed E-state index contributed by atoms with van der Waals surface area (Å²) in [5.41, 5.74) is 12.7. The number of nitrogens with two attached hydrogens (primary N) is 1. The molecule has 0 saturated heterocycles. The Morgan fingerprint density at radius 2 is 1.64 bits per heavy atom. The number of pyridine rings is 1. The van der Waals surface area contributed by atoms with E-state index in [9.17, 15) is 0 Å². The van der Waals surface area contributed by atoms with E-state index in [-0.39, 0.29) is 0 Å². The first kappa shape index (κ1) is 18.0. The molecule has 4 aromatic rings. The van der Waals surface area contributed by atoms with E-state index >= 15 is 0 Å². The summed E-state index contributed by atoms with van der Waals surface area (Å²) in [4.78, 5) is 4.14. The van der Waals surface area contributed by atoms with Crippen molar-refractivity contribution in [3.63, 3.8) is 0 Å². The van der Waals surface area contributed by atoms with Gasteiger partial charge in [-0.15, -0.1) is 0 Å². The second-order valence-corrected chi connectivity index (χ2v) is 7.02. The van der Waals surface area contributed by atoms with Gasteiger partial charge in [0, 0.05) is 18.0 Å². The number of hydrogen-bond acceptors (Lipinski definition) is 3. The standard InChI is InChI=1S/C24H24N4/c1-2-5-18-6-3-7-20(14-18)21-8-4-9-22(15-21)23-12-13-28(27-23)17-19-10-11-24(25)26-16-19/h3-4,6-16H,2,5,17H2,1H3,(H2,25,26). The Balaban J connectivity index is 1.57. The molecule has 2 N–H and O–H groups in total. The summed E-state index contributed by atoms with van der Waals surface area (Å²) in [6.45, 7) is 2.89. The van der Waals surface area contributed by atoms with E-state index in [0.717, 1.165) is 29.7 Å². The van der Waals surface area contributed by atoms with E-state index in [4.69, 9.17) is 10.8 Å². The smallest absolute Gasteiger partial charge is 0.123 e. The molecule has 2 heterocycles. The zero-order valence-electron chi connectivity index (χ0n) is 16.0. The number of hydrogen-bond donors (Lipinski definition) is 1.